The number of hydrogen-bond acceptors (Lipinski definition) is 4. The minimum atomic E-state index is -4.01. The first-order valence-electron chi connectivity index (χ1n) is 5.76. The van der Waals surface area contributed by atoms with E-state index in [1.807, 2.05) is 0 Å². The first-order valence-corrected chi connectivity index (χ1v) is 7.25. The second-order valence-electron chi connectivity index (χ2n) is 4.26. The Morgan fingerprint density at radius 3 is 2.32 bits per heavy atom. The van der Waals surface area contributed by atoms with Crippen LogP contribution in [0.5, 0.6) is 0 Å². The van der Waals surface area contributed by atoms with Crippen LogP contribution in [0.1, 0.15) is 20.3 Å². The van der Waals surface area contributed by atoms with Crippen LogP contribution in [0.2, 0.25) is 0 Å². The van der Waals surface area contributed by atoms with Gasteiger partial charge in [0.05, 0.1) is 16.9 Å². The molecule has 0 fully saturated rings. The van der Waals surface area contributed by atoms with E-state index in [0.29, 0.717) is 6.42 Å². The van der Waals surface area contributed by atoms with Gasteiger partial charge in [0.25, 0.3) is 0 Å². The fourth-order valence-corrected chi connectivity index (χ4v) is 2.77. The second kappa shape index (κ2) is 6.12. The van der Waals surface area contributed by atoms with Crippen LogP contribution in [0.4, 0.5) is 4.39 Å². The van der Waals surface area contributed by atoms with Crippen LogP contribution in [0.15, 0.2) is 29.2 Å². The van der Waals surface area contributed by atoms with Crippen LogP contribution in [0.3, 0.4) is 0 Å². The predicted molar refractivity (Wildman–Crippen MR) is 65.0 cm³/mol. The molecule has 0 saturated carbocycles. The lowest BCUT2D eigenvalue weighted by atomic mass is 10.0. The number of aliphatic carboxylic acids is 1. The van der Waals surface area contributed by atoms with Gasteiger partial charge in [-0.05, 0) is 30.2 Å². The summed E-state index contributed by atoms with van der Waals surface area (Å²) in [5.41, 5.74) is 0. The average Bonchev–Trinajstić information content (AvgIpc) is 2.35. The van der Waals surface area contributed by atoms with Crippen molar-refractivity contribution in [3.05, 3.63) is 30.1 Å². The van der Waals surface area contributed by atoms with E-state index in [-0.39, 0.29) is 4.90 Å². The molecule has 1 aromatic carbocycles. The molecular weight excluding hydrogens is 273 g/mol. The molecule has 0 aliphatic heterocycles. The Labute approximate surface area is 111 Å². The number of hydrogen-bond donors (Lipinski definition) is 1. The first-order chi connectivity index (χ1) is 8.77. The summed E-state index contributed by atoms with van der Waals surface area (Å²) >= 11 is 0. The van der Waals surface area contributed by atoms with Gasteiger partial charge in [-0.15, -0.1) is 0 Å². The predicted octanol–water partition coefficient (Wildman–Crippen LogP) is 0.269. The molecule has 1 rings (SSSR count). The maximum absolute atomic E-state index is 12.7. The van der Waals surface area contributed by atoms with Crippen LogP contribution in [0, 0.1) is 11.7 Å². The van der Waals surface area contributed by atoms with E-state index in [4.69, 9.17) is 0 Å². The van der Waals surface area contributed by atoms with Crippen LogP contribution in [-0.2, 0) is 14.8 Å². The summed E-state index contributed by atoms with van der Waals surface area (Å²) in [5, 5.41) is 11.0. The number of benzene rings is 1. The zero-order chi connectivity index (χ0) is 14.6. The van der Waals surface area contributed by atoms with Crippen molar-refractivity contribution < 1.29 is 22.7 Å². The van der Waals surface area contributed by atoms with Gasteiger partial charge in [-0.3, -0.25) is 0 Å². The number of rotatable bonds is 6. The van der Waals surface area contributed by atoms with Gasteiger partial charge in [0.2, 0.25) is 10.0 Å². The molecule has 0 spiro atoms. The number of carbonyl (C=O) groups excluding carboxylic acids is 1. The largest absolute Gasteiger partial charge is 0.548 e. The smallest absolute Gasteiger partial charge is 0.241 e. The second-order valence-corrected chi connectivity index (χ2v) is 5.97. The average molecular weight is 288 g/mol. The molecule has 0 aliphatic carbocycles. The van der Waals surface area contributed by atoms with Gasteiger partial charge in [-0.1, -0.05) is 20.3 Å². The lowest BCUT2D eigenvalue weighted by Crippen LogP contribution is -2.51. The number of sulfonamides is 1. The molecule has 106 valence electrons. The Hall–Kier alpha value is -1.47. The lowest BCUT2D eigenvalue weighted by Gasteiger charge is -2.24. The Kier molecular flexibility index (Phi) is 5.02. The quantitative estimate of drug-likeness (QED) is 0.814. The summed E-state index contributed by atoms with van der Waals surface area (Å²) in [6.45, 7) is 3.35. The number of halogens is 1. The van der Waals surface area contributed by atoms with Gasteiger partial charge in [0.1, 0.15) is 5.82 Å². The fraction of sp³-hybridized carbons (Fsp3) is 0.417. The number of carboxylic acids is 1. The minimum absolute atomic E-state index is 0.191. The highest BCUT2D eigenvalue weighted by atomic mass is 32.2. The summed E-state index contributed by atoms with van der Waals surface area (Å²) in [6, 6.07) is 2.80. The van der Waals surface area contributed by atoms with E-state index in [1.165, 1.54) is 0 Å². The summed E-state index contributed by atoms with van der Waals surface area (Å²) in [7, 11) is -4.01. The van der Waals surface area contributed by atoms with Crippen molar-refractivity contribution in [2.75, 3.05) is 0 Å². The van der Waals surface area contributed by atoms with Crippen LogP contribution >= 0.6 is 0 Å². The highest BCUT2D eigenvalue weighted by Crippen LogP contribution is 2.14. The van der Waals surface area contributed by atoms with Crippen molar-refractivity contribution in [1.29, 1.82) is 0 Å². The Bertz CT molecular complexity index is 541. The molecule has 0 amide bonds. The van der Waals surface area contributed by atoms with Crippen molar-refractivity contribution in [3.8, 4) is 0 Å². The van der Waals surface area contributed by atoms with E-state index in [1.54, 1.807) is 13.8 Å². The molecule has 2 atom stereocenters. The molecule has 0 aromatic heterocycles. The van der Waals surface area contributed by atoms with Crippen LogP contribution in [-0.4, -0.2) is 20.4 Å². The molecule has 7 heteroatoms. The van der Waals surface area contributed by atoms with E-state index < -0.39 is 33.8 Å². The fourth-order valence-electron chi connectivity index (χ4n) is 1.48. The number of carbonyl (C=O) groups is 1. The van der Waals surface area contributed by atoms with Gasteiger partial charge in [-0.25, -0.2) is 17.5 Å². The molecule has 19 heavy (non-hydrogen) atoms. The third-order valence-electron chi connectivity index (χ3n) is 2.87. The zero-order valence-corrected chi connectivity index (χ0v) is 11.4. The SMILES string of the molecule is CC[C@@H](C)[C@H](NS(=O)(=O)c1ccc(F)cc1)C(=O)[O-]. The van der Waals surface area contributed by atoms with Crippen molar-refractivity contribution >= 4 is 16.0 Å². The van der Waals surface area contributed by atoms with Crippen molar-refractivity contribution in [1.82, 2.24) is 4.72 Å². The third kappa shape index (κ3) is 4.00. The van der Waals surface area contributed by atoms with Gasteiger partial charge in [0, 0.05) is 0 Å². The summed E-state index contributed by atoms with van der Waals surface area (Å²) in [4.78, 5) is 10.8. The maximum atomic E-state index is 12.7. The number of carboxylic acid groups (broad SMARTS) is 1. The highest BCUT2D eigenvalue weighted by molar-refractivity contribution is 7.89. The van der Waals surface area contributed by atoms with Gasteiger partial charge >= 0.3 is 0 Å². The van der Waals surface area contributed by atoms with Gasteiger partial charge < -0.3 is 9.90 Å². The summed E-state index contributed by atoms with van der Waals surface area (Å²) in [5.74, 6) is -2.47. The van der Waals surface area contributed by atoms with Crippen LogP contribution in [0.25, 0.3) is 0 Å². The molecule has 0 aliphatic rings. The molecule has 0 radical (unpaired) electrons. The first kappa shape index (κ1) is 15.6. The number of nitrogens with one attached hydrogen (secondary N) is 1. The molecule has 1 aromatic rings. The molecule has 0 bridgehead atoms. The van der Waals surface area contributed by atoms with Crippen molar-refractivity contribution in [3.63, 3.8) is 0 Å². The van der Waals surface area contributed by atoms with Crippen LogP contribution < -0.4 is 9.83 Å². The van der Waals surface area contributed by atoms with E-state index >= 15 is 0 Å². The van der Waals surface area contributed by atoms with Gasteiger partial charge in [0.15, 0.2) is 0 Å². The Morgan fingerprint density at radius 2 is 1.89 bits per heavy atom. The molecule has 5 nitrogen and oxygen atoms in total. The van der Waals surface area contributed by atoms with Gasteiger partial charge in [-0.2, -0.15) is 0 Å². The molecule has 0 unspecified atom stereocenters. The minimum Gasteiger partial charge on any atom is -0.548 e. The standard InChI is InChI=1S/C12H16FNO4S/c1-3-8(2)11(12(15)16)14-19(17,18)10-6-4-9(13)5-7-10/h4-8,11,14H,3H2,1-2H3,(H,15,16)/p-1/t8-,11+/m1/s1. The Morgan fingerprint density at radius 1 is 1.37 bits per heavy atom. The molecule has 1 N–H and O–H groups in total. The Balaban J connectivity index is 3.00. The van der Waals surface area contributed by atoms with Crippen molar-refractivity contribution in [2.45, 2.75) is 31.2 Å². The maximum Gasteiger partial charge on any atom is 0.241 e. The lowest BCUT2D eigenvalue weighted by molar-refractivity contribution is -0.309. The topological polar surface area (TPSA) is 86.3 Å². The van der Waals surface area contributed by atoms with Crippen molar-refractivity contribution in [2.24, 2.45) is 5.92 Å². The summed E-state index contributed by atoms with van der Waals surface area (Å²) in [6.07, 6.45) is 0.477. The molecule has 0 saturated heterocycles. The monoisotopic (exact) mass is 288 g/mol. The molecular formula is C12H15FNO4S-. The van der Waals surface area contributed by atoms with E-state index in [2.05, 4.69) is 4.72 Å². The third-order valence-corrected chi connectivity index (χ3v) is 4.33. The highest BCUT2D eigenvalue weighted by Gasteiger charge is 2.24. The van der Waals surface area contributed by atoms with E-state index in [0.717, 1.165) is 24.3 Å². The zero-order valence-electron chi connectivity index (χ0n) is 10.6. The normalized spacial score (nSPS) is 14.9. The summed E-state index contributed by atoms with van der Waals surface area (Å²) < 4.78 is 38.7. The van der Waals surface area contributed by atoms with E-state index in [9.17, 15) is 22.7 Å². The molecule has 0 heterocycles.